The molecule has 5 heteroatoms. The minimum Gasteiger partial charge on any atom is -0.481 e. The predicted molar refractivity (Wildman–Crippen MR) is 71.4 cm³/mol. The van der Waals surface area contributed by atoms with Crippen LogP contribution in [0.1, 0.15) is 39.0 Å². The zero-order chi connectivity index (χ0) is 13.1. The smallest absolute Gasteiger partial charge is 0.303 e. The van der Waals surface area contributed by atoms with Crippen molar-refractivity contribution in [1.29, 1.82) is 0 Å². The Morgan fingerprint density at radius 3 is 2.47 bits per heavy atom. The Morgan fingerprint density at radius 2 is 1.88 bits per heavy atom. The summed E-state index contributed by atoms with van der Waals surface area (Å²) < 4.78 is 0. The molecule has 0 aliphatic heterocycles. The maximum Gasteiger partial charge on any atom is 0.303 e. The van der Waals surface area contributed by atoms with Gasteiger partial charge in [0.15, 0.2) is 0 Å². The number of carboxylic acid groups (broad SMARTS) is 1. The summed E-state index contributed by atoms with van der Waals surface area (Å²) in [6, 6.07) is 0. The molecule has 0 spiro atoms. The van der Waals surface area contributed by atoms with Gasteiger partial charge in [0.2, 0.25) is 5.91 Å². The molecule has 4 nitrogen and oxygen atoms in total. The molecule has 0 atom stereocenters. The zero-order valence-electron chi connectivity index (χ0n) is 10.8. The van der Waals surface area contributed by atoms with Crippen LogP contribution in [-0.2, 0) is 9.59 Å². The number of unbranched alkanes of at least 4 members (excludes halogenated alkanes) is 1. The van der Waals surface area contributed by atoms with Gasteiger partial charge in [0.1, 0.15) is 0 Å². The molecular weight excluding hydrogens is 238 g/mol. The van der Waals surface area contributed by atoms with Crippen LogP contribution in [0.25, 0.3) is 0 Å². The summed E-state index contributed by atoms with van der Waals surface area (Å²) in [5.74, 6) is 1.29. The van der Waals surface area contributed by atoms with E-state index in [1.807, 2.05) is 11.8 Å². The molecule has 0 aromatic heterocycles. The lowest BCUT2D eigenvalue weighted by Gasteiger charge is -2.16. The van der Waals surface area contributed by atoms with Crippen molar-refractivity contribution in [3.05, 3.63) is 0 Å². The van der Waals surface area contributed by atoms with Crippen molar-refractivity contribution in [2.24, 2.45) is 0 Å². The summed E-state index contributed by atoms with van der Waals surface area (Å²) in [4.78, 5) is 23.6. The molecule has 0 rings (SSSR count). The molecule has 1 N–H and O–H groups in total. The fourth-order valence-corrected chi connectivity index (χ4v) is 2.31. The van der Waals surface area contributed by atoms with Crippen LogP contribution in [-0.4, -0.2) is 47.0 Å². The molecule has 0 aromatic carbocycles. The summed E-state index contributed by atoms with van der Waals surface area (Å²) in [7, 11) is 1.74. The minimum atomic E-state index is -0.805. The van der Waals surface area contributed by atoms with Crippen molar-refractivity contribution < 1.29 is 14.7 Å². The third kappa shape index (κ3) is 10.2. The number of aliphatic carboxylic acids is 1. The normalized spacial score (nSPS) is 10.2. The van der Waals surface area contributed by atoms with E-state index >= 15 is 0 Å². The first-order chi connectivity index (χ1) is 8.07. The Hall–Kier alpha value is -0.710. The molecular formula is C12H23NO3S. The monoisotopic (exact) mass is 261 g/mol. The van der Waals surface area contributed by atoms with Crippen molar-refractivity contribution >= 4 is 23.6 Å². The van der Waals surface area contributed by atoms with Gasteiger partial charge in [0, 0.05) is 32.2 Å². The van der Waals surface area contributed by atoms with Gasteiger partial charge in [-0.2, -0.15) is 11.8 Å². The lowest BCUT2D eigenvalue weighted by Crippen LogP contribution is -2.28. The predicted octanol–water partition coefficient (Wildman–Crippen LogP) is 2.23. The van der Waals surface area contributed by atoms with Crippen LogP contribution in [0.5, 0.6) is 0 Å². The number of nitrogens with zero attached hydrogens (tertiary/aromatic N) is 1. The van der Waals surface area contributed by atoms with Crippen LogP contribution in [0.15, 0.2) is 0 Å². The summed E-state index contributed by atoms with van der Waals surface area (Å²) in [5.41, 5.74) is 0. The molecule has 0 unspecified atom stereocenters. The van der Waals surface area contributed by atoms with Crippen molar-refractivity contribution in [2.45, 2.75) is 39.0 Å². The Labute approximate surface area is 108 Å². The highest BCUT2D eigenvalue weighted by molar-refractivity contribution is 7.99. The number of hydrogen-bond acceptors (Lipinski definition) is 3. The van der Waals surface area contributed by atoms with Crippen LogP contribution < -0.4 is 0 Å². The van der Waals surface area contributed by atoms with E-state index in [2.05, 4.69) is 6.92 Å². The zero-order valence-corrected chi connectivity index (χ0v) is 11.6. The van der Waals surface area contributed by atoms with Gasteiger partial charge in [-0.25, -0.2) is 0 Å². The summed E-state index contributed by atoms with van der Waals surface area (Å²) in [6.07, 6.45) is 3.60. The number of carboxylic acids is 1. The molecule has 0 bridgehead atoms. The van der Waals surface area contributed by atoms with Crippen molar-refractivity contribution in [1.82, 2.24) is 4.90 Å². The van der Waals surface area contributed by atoms with Crippen LogP contribution in [0.4, 0.5) is 0 Å². The van der Waals surface area contributed by atoms with Crippen molar-refractivity contribution in [3.8, 4) is 0 Å². The third-order valence-corrected chi connectivity index (χ3v) is 3.48. The number of carbonyl (C=O) groups is 2. The largest absolute Gasteiger partial charge is 0.481 e. The van der Waals surface area contributed by atoms with E-state index in [0.29, 0.717) is 19.4 Å². The SMILES string of the molecule is CCCCSCCC(=O)N(C)CCCC(=O)O. The number of amides is 1. The average Bonchev–Trinajstić information content (AvgIpc) is 2.27. The Kier molecular flexibility index (Phi) is 10.0. The van der Waals surface area contributed by atoms with Crippen molar-refractivity contribution in [2.75, 3.05) is 25.1 Å². The maximum absolute atomic E-state index is 11.6. The van der Waals surface area contributed by atoms with Gasteiger partial charge in [-0.1, -0.05) is 13.3 Å². The molecule has 100 valence electrons. The second-order valence-electron chi connectivity index (χ2n) is 4.03. The number of hydrogen-bond donors (Lipinski definition) is 1. The van der Waals surface area contributed by atoms with E-state index in [-0.39, 0.29) is 12.3 Å². The first-order valence-electron chi connectivity index (χ1n) is 6.11. The summed E-state index contributed by atoms with van der Waals surface area (Å²) in [5, 5.41) is 8.48. The standard InChI is InChI=1S/C12H23NO3S/c1-3-4-9-17-10-7-11(14)13(2)8-5-6-12(15)16/h3-10H2,1-2H3,(H,15,16). The molecule has 0 aliphatic carbocycles. The van der Waals surface area contributed by atoms with Crippen molar-refractivity contribution in [3.63, 3.8) is 0 Å². The van der Waals surface area contributed by atoms with E-state index in [1.54, 1.807) is 11.9 Å². The van der Waals surface area contributed by atoms with Gasteiger partial charge in [0.25, 0.3) is 0 Å². The van der Waals surface area contributed by atoms with Gasteiger partial charge in [-0.3, -0.25) is 9.59 Å². The Bertz CT molecular complexity index is 234. The Morgan fingerprint density at radius 1 is 1.18 bits per heavy atom. The maximum atomic E-state index is 11.6. The fourth-order valence-electron chi connectivity index (χ4n) is 1.29. The van der Waals surface area contributed by atoms with Gasteiger partial charge >= 0.3 is 5.97 Å². The quantitative estimate of drug-likeness (QED) is 0.613. The van der Waals surface area contributed by atoms with Gasteiger partial charge in [-0.15, -0.1) is 0 Å². The molecule has 0 heterocycles. The lowest BCUT2D eigenvalue weighted by atomic mass is 10.3. The first kappa shape index (κ1) is 16.3. The highest BCUT2D eigenvalue weighted by Crippen LogP contribution is 2.07. The van der Waals surface area contributed by atoms with Gasteiger partial charge in [-0.05, 0) is 18.6 Å². The molecule has 0 aliphatic rings. The van der Waals surface area contributed by atoms with Crippen LogP contribution >= 0.6 is 11.8 Å². The average molecular weight is 261 g/mol. The molecule has 0 fully saturated rings. The molecule has 0 saturated carbocycles. The van der Waals surface area contributed by atoms with Gasteiger partial charge < -0.3 is 10.0 Å². The highest BCUT2D eigenvalue weighted by atomic mass is 32.2. The lowest BCUT2D eigenvalue weighted by molar-refractivity contribution is -0.138. The number of rotatable bonds is 10. The van der Waals surface area contributed by atoms with E-state index in [1.165, 1.54) is 12.8 Å². The van der Waals surface area contributed by atoms with E-state index in [4.69, 9.17) is 5.11 Å². The number of thioether (sulfide) groups is 1. The van der Waals surface area contributed by atoms with E-state index in [0.717, 1.165) is 11.5 Å². The fraction of sp³-hybridized carbons (Fsp3) is 0.833. The van der Waals surface area contributed by atoms with Crippen LogP contribution in [0.2, 0.25) is 0 Å². The van der Waals surface area contributed by atoms with Crippen LogP contribution in [0.3, 0.4) is 0 Å². The van der Waals surface area contributed by atoms with Gasteiger partial charge in [0.05, 0.1) is 0 Å². The topological polar surface area (TPSA) is 57.6 Å². The number of carbonyl (C=O) groups excluding carboxylic acids is 1. The second kappa shape index (κ2) is 10.4. The molecule has 1 amide bonds. The third-order valence-electron chi connectivity index (χ3n) is 2.41. The minimum absolute atomic E-state index is 0.111. The van der Waals surface area contributed by atoms with Crippen LogP contribution in [0, 0.1) is 0 Å². The van der Waals surface area contributed by atoms with E-state index < -0.39 is 5.97 Å². The molecule has 0 radical (unpaired) electrons. The van der Waals surface area contributed by atoms with E-state index in [9.17, 15) is 9.59 Å². The molecule has 17 heavy (non-hydrogen) atoms. The Balaban J connectivity index is 3.50. The highest BCUT2D eigenvalue weighted by Gasteiger charge is 2.08. The summed E-state index contributed by atoms with van der Waals surface area (Å²) >= 11 is 1.81. The molecule has 0 saturated heterocycles. The first-order valence-corrected chi connectivity index (χ1v) is 7.27. The summed E-state index contributed by atoms with van der Waals surface area (Å²) in [6.45, 7) is 2.69. The second-order valence-corrected chi connectivity index (χ2v) is 5.25. The molecule has 0 aromatic rings.